The van der Waals surface area contributed by atoms with E-state index < -0.39 is 0 Å². The fourth-order valence-corrected chi connectivity index (χ4v) is 1.51. The number of fused-ring (bicyclic) bond motifs is 1. The highest BCUT2D eigenvalue weighted by molar-refractivity contribution is 5.85. The van der Waals surface area contributed by atoms with Crippen LogP contribution in [-0.2, 0) is 6.42 Å². The Morgan fingerprint density at radius 3 is 2.83 bits per heavy atom. The third kappa shape index (κ3) is 1.46. The Labute approximate surface area is 78.7 Å². The van der Waals surface area contributed by atoms with Gasteiger partial charge in [-0.25, -0.2) is 0 Å². The van der Waals surface area contributed by atoms with Crippen LogP contribution in [0, 0.1) is 0 Å². The Kier molecular flexibility index (Phi) is 2.77. The van der Waals surface area contributed by atoms with Crippen LogP contribution in [-0.4, -0.2) is 0 Å². The highest BCUT2D eigenvalue weighted by atomic mass is 35.5. The van der Waals surface area contributed by atoms with Crippen molar-refractivity contribution in [1.82, 2.24) is 0 Å². The van der Waals surface area contributed by atoms with Crippen LogP contribution in [0.3, 0.4) is 0 Å². The summed E-state index contributed by atoms with van der Waals surface area (Å²) in [6.45, 7) is 0. The van der Waals surface area contributed by atoms with Gasteiger partial charge in [0, 0.05) is 5.69 Å². The lowest BCUT2D eigenvalue weighted by atomic mass is 9.96. The Bertz CT molecular complexity index is 305. The molecule has 0 atom stereocenters. The molecule has 12 heavy (non-hydrogen) atoms. The average molecular weight is 182 g/mol. The SMILES string of the molecule is Cl.Nc1cccc2c1CCC=C2. The second-order valence-corrected chi connectivity index (χ2v) is 2.86. The van der Waals surface area contributed by atoms with Crippen molar-refractivity contribution in [1.29, 1.82) is 0 Å². The third-order valence-electron chi connectivity index (χ3n) is 2.11. The van der Waals surface area contributed by atoms with E-state index in [0.29, 0.717) is 0 Å². The lowest BCUT2D eigenvalue weighted by molar-refractivity contribution is 0.989. The molecule has 0 radical (unpaired) electrons. The summed E-state index contributed by atoms with van der Waals surface area (Å²) in [4.78, 5) is 0. The van der Waals surface area contributed by atoms with Gasteiger partial charge in [0.1, 0.15) is 0 Å². The van der Waals surface area contributed by atoms with Crippen LogP contribution in [0.1, 0.15) is 17.5 Å². The molecule has 0 aromatic heterocycles. The molecule has 0 saturated carbocycles. The van der Waals surface area contributed by atoms with Gasteiger partial charge in [0.05, 0.1) is 0 Å². The van der Waals surface area contributed by atoms with Crippen molar-refractivity contribution in [3.8, 4) is 0 Å². The smallest absolute Gasteiger partial charge is 0.0352 e. The van der Waals surface area contributed by atoms with E-state index >= 15 is 0 Å². The molecule has 1 aliphatic rings. The van der Waals surface area contributed by atoms with Crippen LogP contribution < -0.4 is 5.73 Å². The zero-order chi connectivity index (χ0) is 7.68. The molecule has 0 spiro atoms. The molecule has 0 saturated heterocycles. The summed E-state index contributed by atoms with van der Waals surface area (Å²) in [5.74, 6) is 0. The summed E-state index contributed by atoms with van der Waals surface area (Å²) in [6.07, 6.45) is 6.57. The number of rotatable bonds is 0. The Morgan fingerprint density at radius 2 is 2.08 bits per heavy atom. The molecule has 0 amide bonds. The van der Waals surface area contributed by atoms with Crippen LogP contribution in [0.25, 0.3) is 6.08 Å². The molecule has 0 heterocycles. The zero-order valence-corrected chi connectivity index (χ0v) is 7.60. The Hall–Kier alpha value is -0.950. The summed E-state index contributed by atoms with van der Waals surface area (Å²) in [5.41, 5.74) is 9.35. The topological polar surface area (TPSA) is 26.0 Å². The number of hydrogen-bond donors (Lipinski definition) is 1. The molecular weight excluding hydrogens is 170 g/mol. The van der Waals surface area contributed by atoms with Gasteiger partial charge in [0.15, 0.2) is 0 Å². The first-order valence-electron chi connectivity index (χ1n) is 3.92. The van der Waals surface area contributed by atoms with Crippen molar-refractivity contribution >= 4 is 24.2 Å². The quantitative estimate of drug-likeness (QED) is 0.612. The van der Waals surface area contributed by atoms with Gasteiger partial charge in [-0.05, 0) is 30.0 Å². The van der Waals surface area contributed by atoms with E-state index in [2.05, 4.69) is 18.2 Å². The van der Waals surface area contributed by atoms with Crippen LogP contribution in [0.5, 0.6) is 0 Å². The lowest BCUT2D eigenvalue weighted by Gasteiger charge is -2.11. The second kappa shape index (κ2) is 3.63. The summed E-state index contributed by atoms with van der Waals surface area (Å²) >= 11 is 0. The molecule has 0 aliphatic heterocycles. The molecule has 64 valence electrons. The number of benzene rings is 1. The van der Waals surface area contributed by atoms with Crippen molar-refractivity contribution in [3.05, 3.63) is 35.4 Å². The van der Waals surface area contributed by atoms with Gasteiger partial charge in [0.25, 0.3) is 0 Å². The highest BCUT2D eigenvalue weighted by Crippen LogP contribution is 2.23. The molecule has 2 rings (SSSR count). The molecule has 2 heteroatoms. The first-order valence-corrected chi connectivity index (χ1v) is 3.92. The first-order chi connectivity index (χ1) is 5.38. The molecule has 0 fully saturated rings. The number of halogens is 1. The predicted octanol–water partition coefficient (Wildman–Crippen LogP) is 2.65. The first kappa shape index (κ1) is 9.14. The monoisotopic (exact) mass is 181 g/mol. The maximum Gasteiger partial charge on any atom is 0.0352 e. The number of nitrogen functional groups attached to an aromatic ring is 1. The number of allylic oxidation sites excluding steroid dienone is 1. The van der Waals surface area contributed by atoms with Crippen LogP contribution >= 0.6 is 12.4 Å². The van der Waals surface area contributed by atoms with Gasteiger partial charge in [-0.15, -0.1) is 12.4 Å². The standard InChI is InChI=1S/C10H11N.ClH/c11-10-7-3-5-8-4-1-2-6-9(8)10;/h1,3-5,7H,2,6,11H2;1H. The highest BCUT2D eigenvalue weighted by Gasteiger charge is 2.05. The van der Waals surface area contributed by atoms with E-state index in [4.69, 9.17) is 5.73 Å². The summed E-state index contributed by atoms with van der Waals surface area (Å²) in [6, 6.07) is 6.09. The molecule has 1 aliphatic carbocycles. The normalized spacial score (nSPS) is 13.3. The number of hydrogen-bond acceptors (Lipinski definition) is 1. The molecular formula is C10H12ClN. The fourth-order valence-electron chi connectivity index (χ4n) is 1.51. The molecule has 1 aromatic carbocycles. The van der Waals surface area contributed by atoms with E-state index in [1.165, 1.54) is 11.1 Å². The Balaban J connectivity index is 0.000000720. The minimum atomic E-state index is 0. The van der Waals surface area contributed by atoms with E-state index in [1.807, 2.05) is 12.1 Å². The summed E-state index contributed by atoms with van der Waals surface area (Å²) in [7, 11) is 0. The minimum Gasteiger partial charge on any atom is -0.398 e. The zero-order valence-electron chi connectivity index (χ0n) is 6.79. The Morgan fingerprint density at radius 1 is 1.25 bits per heavy atom. The maximum atomic E-state index is 5.81. The molecule has 2 N–H and O–H groups in total. The van der Waals surface area contributed by atoms with Gasteiger partial charge in [0.2, 0.25) is 0 Å². The van der Waals surface area contributed by atoms with Gasteiger partial charge in [-0.3, -0.25) is 0 Å². The van der Waals surface area contributed by atoms with Crippen molar-refractivity contribution in [2.75, 3.05) is 5.73 Å². The number of anilines is 1. The van der Waals surface area contributed by atoms with Gasteiger partial charge < -0.3 is 5.73 Å². The fraction of sp³-hybridized carbons (Fsp3) is 0.200. The molecule has 0 bridgehead atoms. The van der Waals surface area contributed by atoms with E-state index in [9.17, 15) is 0 Å². The number of nitrogens with two attached hydrogens (primary N) is 1. The summed E-state index contributed by atoms with van der Waals surface area (Å²) in [5, 5.41) is 0. The predicted molar refractivity (Wildman–Crippen MR) is 55.5 cm³/mol. The lowest BCUT2D eigenvalue weighted by Crippen LogP contribution is -1.99. The van der Waals surface area contributed by atoms with Crippen LogP contribution in [0.15, 0.2) is 24.3 Å². The van der Waals surface area contributed by atoms with E-state index in [-0.39, 0.29) is 12.4 Å². The molecule has 0 unspecified atom stereocenters. The van der Waals surface area contributed by atoms with Crippen LogP contribution in [0.2, 0.25) is 0 Å². The second-order valence-electron chi connectivity index (χ2n) is 2.86. The van der Waals surface area contributed by atoms with E-state index in [0.717, 1.165) is 18.5 Å². The van der Waals surface area contributed by atoms with Gasteiger partial charge >= 0.3 is 0 Å². The molecule has 1 aromatic rings. The van der Waals surface area contributed by atoms with E-state index in [1.54, 1.807) is 0 Å². The minimum absolute atomic E-state index is 0. The van der Waals surface area contributed by atoms with Crippen LogP contribution in [0.4, 0.5) is 5.69 Å². The third-order valence-corrected chi connectivity index (χ3v) is 2.11. The largest absolute Gasteiger partial charge is 0.398 e. The van der Waals surface area contributed by atoms with Crippen molar-refractivity contribution < 1.29 is 0 Å². The van der Waals surface area contributed by atoms with Crippen molar-refractivity contribution in [3.63, 3.8) is 0 Å². The van der Waals surface area contributed by atoms with Crippen molar-refractivity contribution in [2.45, 2.75) is 12.8 Å². The maximum absolute atomic E-state index is 5.81. The van der Waals surface area contributed by atoms with Gasteiger partial charge in [-0.2, -0.15) is 0 Å². The average Bonchev–Trinajstić information content (AvgIpc) is 2.06. The van der Waals surface area contributed by atoms with Crippen molar-refractivity contribution in [2.24, 2.45) is 0 Å². The van der Waals surface area contributed by atoms with Gasteiger partial charge in [-0.1, -0.05) is 24.3 Å². The summed E-state index contributed by atoms with van der Waals surface area (Å²) < 4.78 is 0. The molecule has 1 nitrogen and oxygen atoms in total.